The first-order valence-corrected chi connectivity index (χ1v) is 13.8. The van der Waals surface area contributed by atoms with Gasteiger partial charge in [0, 0.05) is 67.5 Å². The number of fused-ring (bicyclic) bond motifs is 2. The van der Waals surface area contributed by atoms with Gasteiger partial charge in [-0.2, -0.15) is 0 Å². The molecular weight excluding hydrogens is 476 g/mol. The number of carbonyl (C=O) groups is 1. The Bertz CT molecular complexity index is 1470. The monoisotopic (exact) mass is 512 g/mol. The maximum atomic E-state index is 12.9. The third-order valence-corrected chi connectivity index (χ3v) is 8.02. The van der Waals surface area contributed by atoms with Crippen LogP contribution in [0.5, 0.6) is 0 Å². The summed E-state index contributed by atoms with van der Waals surface area (Å²) in [6.45, 7) is 10.2. The fourth-order valence-corrected chi connectivity index (χ4v) is 5.86. The Hall–Kier alpha value is -3.49. The van der Waals surface area contributed by atoms with Crippen molar-refractivity contribution in [3.63, 3.8) is 0 Å². The smallest absolute Gasteiger partial charge is 0.246 e. The fourth-order valence-electron chi connectivity index (χ4n) is 5.86. The van der Waals surface area contributed by atoms with E-state index in [1.54, 1.807) is 6.08 Å². The van der Waals surface area contributed by atoms with E-state index in [1.165, 1.54) is 5.56 Å². The lowest BCUT2D eigenvalue weighted by Gasteiger charge is -2.39. The molecule has 2 fully saturated rings. The minimum absolute atomic E-state index is 0.0895. The average molecular weight is 513 g/mol. The van der Waals surface area contributed by atoms with Gasteiger partial charge >= 0.3 is 0 Å². The number of amides is 1. The quantitative estimate of drug-likeness (QED) is 0.393. The highest BCUT2D eigenvalue weighted by Gasteiger charge is 2.27. The number of aromatic nitrogens is 4. The molecule has 8 heteroatoms. The van der Waals surface area contributed by atoms with E-state index >= 15 is 0 Å². The second-order valence-corrected chi connectivity index (χ2v) is 10.5. The highest BCUT2D eigenvalue weighted by molar-refractivity contribution is 5.93. The summed E-state index contributed by atoms with van der Waals surface area (Å²) < 4.78 is 7.70. The van der Waals surface area contributed by atoms with E-state index in [0.717, 1.165) is 104 Å². The van der Waals surface area contributed by atoms with E-state index in [0.29, 0.717) is 6.04 Å². The Balaban J connectivity index is 1.12. The summed E-state index contributed by atoms with van der Waals surface area (Å²) in [6.07, 6.45) is 8.40. The van der Waals surface area contributed by atoms with E-state index in [-0.39, 0.29) is 5.91 Å². The summed E-state index contributed by atoms with van der Waals surface area (Å²) in [6, 6.07) is 11.2. The number of H-pyrrole nitrogens is 1. The highest BCUT2D eigenvalue weighted by atomic mass is 16.5. The molecule has 0 saturated carbocycles. The van der Waals surface area contributed by atoms with Crippen LogP contribution in [-0.2, 0) is 22.5 Å². The van der Waals surface area contributed by atoms with Gasteiger partial charge in [-0.05, 0) is 61.2 Å². The minimum Gasteiger partial charge on any atom is -0.379 e. The van der Waals surface area contributed by atoms with Crippen molar-refractivity contribution in [2.75, 3.05) is 39.4 Å². The summed E-state index contributed by atoms with van der Waals surface area (Å²) in [5.74, 6) is 1.14. The molecule has 0 spiro atoms. The van der Waals surface area contributed by atoms with Gasteiger partial charge in [0.15, 0.2) is 5.65 Å². The van der Waals surface area contributed by atoms with Crippen LogP contribution < -0.4 is 0 Å². The lowest BCUT2D eigenvalue weighted by atomic mass is 10.0. The third kappa shape index (κ3) is 4.98. The van der Waals surface area contributed by atoms with Crippen molar-refractivity contribution in [2.24, 2.45) is 0 Å². The van der Waals surface area contributed by atoms with E-state index in [1.807, 2.05) is 23.2 Å². The molecule has 0 aliphatic carbocycles. The van der Waals surface area contributed by atoms with Gasteiger partial charge in [0.05, 0.1) is 19.8 Å². The summed E-state index contributed by atoms with van der Waals surface area (Å²) in [7, 11) is 0. The van der Waals surface area contributed by atoms with Gasteiger partial charge in [-0.1, -0.05) is 13.0 Å². The molecule has 0 bridgehead atoms. The Morgan fingerprint density at radius 2 is 1.95 bits per heavy atom. The molecule has 6 rings (SSSR count). The Kier molecular flexibility index (Phi) is 7.00. The standard InChI is InChI=1S/C30H36N6O2/c1-3-27-33-29-21(2)8-11-31-30(29)36(27)20-22-4-6-26-23(18-22)19-24(32-26)5-7-28(37)35-12-9-25(10-13-35)34-14-16-38-17-15-34/h4-8,11,18-19,25,32H,3,9-10,12-17,20H2,1-2H3/b7-5+. The van der Waals surface area contributed by atoms with Crippen LogP contribution >= 0.6 is 0 Å². The lowest BCUT2D eigenvalue weighted by Crippen LogP contribution is -2.49. The zero-order valence-electron chi connectivity index (χ0n) is 22.3. The van der Waals surface area contributed by atoms with Crippen LogP contribution in [0.25, 0.3) is 28.1 Å². The number of piperidine rings is 1. The first-order chi connectivity index (χ1) is 18.6. The molecule has 4 aromatic rings. The molecule has 1 N–H and O–H groups in total. The number of morpholine rings is 1. The van der Waals surface area contributed by atoms with Crippen LogP contribution in [0.4, 0.5) is 0 Å². The molecule has 3 aromatic heterocycles. The van der Waals surface area contributed by atoms with Crippen LogP contribution in [0.15, 0.2) is 42.6 Å². The van der Waals surface area contributed by atoms with Crippen molar-refractivity contribution >= 4 is 34.1 Å². The zero-order chi connectivity index (χ0) is 26.1. The van der Waals surface area contributed by atoms with Crippen molar-refractivity contribution in [3.05, 3.63) is 65.2 Å². The number of hydrogen-bond donors (Lipinski definition) is 1. The van der Waals surface area contributed by atoms with E-state index in [4.69, 9.17) is 9.72 Å². The number of rotatable bonds is 6. The maximum Gasteiger partial charge on any atom is 0.246 e. The van der Waals surface area contributed by atoms with Crippen molar-refractivity contribution in [3.8, 4) is 0 Å². The fraction of sp³-hybridized carbons (Fsp3) is 0.433. The predicted molar refractivity (Wildman–Crippen MR) is 150 cm³/mol. The average Bonchev–Trinajstić information content (AvgIpc) is 3.53. The number of nitrogens with zero attached hydrogens (tertiary/aromatic N) is 5. The van der Waals surface area contributed by atoms with Gasteiger partial charge in [-0.15, -0.1) is 0 Å². The van der Waals surface area contributed by atoms with Gasteiger partial charge in [0.1, 0.15) is 11.3 Å². The van der Waals surface area contributed by atoms with E-state index < -0.39 is 0 Å². The van der Waals surface area contributed by atoms with Crippen molar-refractivity contribution in [2.45, 2.75) is 45.7 Å². The molecule has 1 aromatic carbocycles. The summed E-state index contributed by atoms with van der Waals surface area (Å²) >= 11 is 0. The number of hydrogen-bond acceptors (Lipinski definition) is 5. The highest BCUT2D eigenvalue weighted by Crippen LogP contribution is 2.23. The summed E-state index contributed by atoms with van der Waals surface area (Å²) in [5, 5.41) is 1.13. The first-order valence-electron chi connectivity index (χ1n) is 13.8. The van der Waals surface area contributed by atoms with Gasteiger partial charge in [0.2, 0.25) is 5.91 Å². The Labute approximate surface area is 223 Å². The Morgan fingerprint density at radius 1 is 1.13 bits per heavy atom. The molecule has 2 saturated heterocycles. The van der Waals surface area contributed by atoms with E-state index in [9.17, 15) is 4.79 Å². The van der Waals surface area contributed by atoms with Crippen molar-refractivity contribution < 1.29 is 9.53 Å². The number of likely N-dealkylation sites (tertiary alicyclic amines) is 1. The number of aromatic amines is 1. The van der Waals surface area contributed by atoms with Gasteiger partial charge < -0.3 is 19.2 Å². The third-order valence-electron chi connectivity index (χ3n) is 8.02. The number of benzene rings is 1. The number of carbonyl (C=O) groups excluding carboxylic acids is 1. The number of imidazole rings is 1. The van der Waals surface area contributed by atoms with Crippen LogP contribution in [0.1, 0.15) is 42.4 Å². The predicted octanol–water partition coefficient (Wildman–Crippen LogP) is 4.17. The molecule has 198 valence electrons. The molecule has 5 heterocycles. The molecule has 8 nitrogen and oxygen atoms in total. The molecule has 0 radical (unpaired) electrons. The number of nitrogens with one attached hydrogen (secondary N) is 1. The normalized spacial score (nSPS) is 17.8. The van der Waals surface area contributed by atoms with Crippen molar-refractivity contribution in [1.82, 2.24) is 29.3 Å². The topological polar surface area (TPSA) is 79.3 Å². The minimum atomic E-state index is 0.0895. The molecular formula is C30H36N6O2. The lowest BCUT2D eigenvalue weighted by molar-refractivity contribution is -0.127. The SMILES string of the molecule is CCc1nc2c(C)ccnc2n1Cc1ccc2[nH]c(/C=C/C(=O)N3CCC(N4CCOCC4)CC3)cc2c1. The van der Waals surface area contributed by atoms with Gasteiger partial charge in [0.25, 0.3) is 0 Å². The molecule has 2 aliphatic rings. The van der Waals surface area contributed by atoms with Crippen LogP contribution in [-0.4, -0.2) is 80.7 Å². The largest absolute Gasteiger partial charge is 0.379 e. The second-order valence-electron chi connectivity index (χ2n) is 10.5. The Morgan fingerprint density at radius 3 is 2.74 bits per heavy atom. The molecule has 38 heavy (non-hydrogen) atoms. The number of aryl methyl sites for hydroxylation is 2. The maximum absolute atomic E-state index is 12.9. The zero-order valence-corrected chi connectivity index (χ0v) is 22.3. The van der Waals surface area contributed by atoms with Crippen molar-refractivity contribution in [1.29, 1.82) is 0 Å². The molecule has 0 unspecified atom stereocenters. The van der Waals surface area contributed by atoms with Crippen LogP contribution in [0, 0.1) is 6.92 Å². The van der Waals surface area contributed by atoms with Gasteiger partial charge in [-0.25, -0.2) is 9.97 Å². The van der Waals surface area contributed by atoms with Gasteiger partial charge in [-0.3, -0.25) is 9.69 Å². The first kappa shape index (κ1) is 24.8. The second kappa shape index (κ2) is 10.7. The van der Waals surface area contributed by atoms with E-state index in [2.05, 4.69) is 57.5 Å². The van der Waals surface area contributed by atoms with Crippen LogP contribution in [0.2, 0.25) is 0 Å². The molecule has 0 atom stereocenters. The number of ether oxygens (including phenoxy) is 1. The summed E-state index contributed by atoms with van der Waals surface area (Å²) in [4.78, 5) is 30.3. The molecule has 2 aliphatic heterocycles. The summed E-state index contributed by atoms with van der Waals surface area (Å²) in [5.41, 5.74) is 6.27. The molecule has 1 amide bonds. The number of pyridine rings is 1. The van der Waals surface area contributed by atoms with Crippen LogP contribution in [0.3, 0.4) is 0 Å².